The number of likely N-dealkylation sites (tertiary alicyclic amines) is 1. The Bertz CT molecular complexity index is 442. The molecule has 132 valence electrons. The van der Waals surface area contributed by atoms with Gasteiger partial charge in [-0.2, -0.15) is 0 Å². The topological polar surface area (TPSA) is 73.8 Å². The lowest BCUT2D eigenvalue weighted by Crippen LogP contribution is -2.43. The van der Waals surface area contributed by atoms with Crippen molar-refractivity contribution in [2.45, 2.75) is 45.2 Å². The predicted octanol–water partition coefficient (Wildman–Crippen LogP) is 1.08. The van der Waals surface area contributed by atoms with Crippen molar-refractivity contribution in [1.29, 1.82) is 0 Å². The molecule has 0 aromatic rings. The van der Waals surface area contributed by atoms with Crippen LogP contribution >= 0.6 is 24.0 Å². The van der Waals surface area contributed by atoms with Crippen LogP contribution in [0.2, 0.25) is 0 Å². The van der Waals surface area contributed by atoms with Gasteiger partial charge in [0.25, 0.3) is 0 Å². The molecular weight excluding hydrogens is 415 g/mol. The minimum absolute atomic E-state index is 0. The maximum absolute atomic E-state index is 11.2. The van der Waals surface area contributed by atoms with E-state index in [-0.39, 0.29) is 35.8 Å². The first-order valence-electron chi connectivity index (χ1n) is 7.74. The largest absolute Gasteiger partial charge is 0.357 e. The van der Waals surface area contributed by atoms with Crippen molar-refractivity contribution in [2.24, 2.45) is 4.99 Å². The van der Waals surface area contributed by atoms with Gasteiger partial charge in [0.15, 0.2) is 5.96 Å². The van der Waals surface area contributed by atoms with Crippen LogP contribution in [-0.2, 0) is 9.84 Å². The minimum atomic E-state index is -2.91. The Morgan fingerprint density at radius 1 is 1.45 bits per heavy atom. The van der Waals surface area contributed by atoms with Gasteiger partial charge < -0.3 is 15.5 Å². The Kier molecular flexibility index (Phi) is 10.6. The summed E-state index contributed by atoms with van der Waals surface area (Å²) >= 11 is 0. The Balaban J connectivity index is 0.00000441. The maximum atomic E-state index is 11.2. The van der Waals surface area contributed by atoms with E-state index in [1.165, 1.54) is 19.1 Å². The molecule has 1 saturated heterocycles. The number of rotatable bonds is 7. The summed E-state index contributed by atoms with van der Waals surface area (Å²) in [4.78, 5) is 6.98. The second-order valence-corrected chi connectivity index (χ2v) is 8.22. The van der Waals surface area contributed by atoms with Crippen LogP contribution in [0, 0.1) is 0 Å². The molecule has 8 heteroatoms. The van der Waals surface area contributed by atoms with Gasteiger partial charge in [0.1, 0.15) is 9.84 Å². The highest BCUT2D eigenvalue weighted by Gasteiger charge is 2.20. The molecule has 0 aromatic heterocycles. The number of hydrogen-bond acceptors (Lipinski definition) is 4. The second kappa shape index (κ2) is 10.6. The van der Waals surface area contributed by atoms with Crippen molar-refractivity contribution in [3.63, 3.8) is 0 Å². The lowest BCUT2D eigenvalue weighted by Gasteiger charge is -2.20. The molecule has 1 rings (SSSR count). The van der Waals surface area contributed by atoms with E-state index in [2.05, 4.69) is 27.6 Å². The van der Waals surface area contributed by atoms with Gasteiger partial charge in [0.2, 0.25) is 0 Å². The summed E-state index contributed by atoms with van der Waals surface area (Å²) in [6, 6.07) is 0.602. The number of nitrogens with zero attached hydrogens (tertiary/aromatic N) is 2. The van der Waals surface area contributed by atoms with Crippen LogP contribution in [0.4, 0.5) is 0 Å². The molecule has 6 nitrogen and oxygen atoms in total. The fourth-order valence-corrected chi connectivity index (χ4v) is 3.20. The smallest absolute Gasteiger partial charge is 0.191 e. The first-order valence-corrected chi connectivity index (χ1v) is 9.80. The molecule has 1 aliphatic heterocycles. The molecule has 0 aliphatic carbocycles. The summed E-state index contributed by atoms with van der Waals surface area (Å²) in [6.45, 7) is 6.74. The number of halogens is 1. The van der Waals surface area contributed by atoms with E-state index < -0.39 is 9.84 Å². The van der Waals surface area contributed by atoms with Gasteiger partial charge in [-0.05, 0) is 46.7 Å². The third-order valence-electron chi connectivity index (χ3n) is 3.78. The lowest BCUT2D eigenvalue weighted by molar-refractivity contribution is 0.317. The van der Waals surface area contributed by atoms with E-state index >= 15 is 0 Å². The molecule has 0 bridgehead atoms. The van der Waals surface area contributed by atoms with Crippen molar-refractivity contribution in [1.82, 2.24) is 15.5 Å². The van der Waals surface area contributed by atoms with Gasteiger partial charge >= 0.3 is 0 Å². The average Bonchev–Trinajstić information content (AvgIpc) is 2.79. The van der Waals surface area contributed by atoms with E-state index in [4.69, 9.17) is 0 Å². The Labute approximate surface area is 152 Å². The van der Waals surface area contributed by atoms with Crippen LogP contribution in [-0.4, -0.2) is 70.1 Å². The Hall–Kier alpha value is -0.0900. The SMILES string of the molecule is CCNC(=NCC1CCCN1C)NC(C)CCS(C)(=O)=O.I. The fraction of sp³-hybridized carbons (Fsp3) is 0.929. The summed E-state index contributed by atoms with van der Waals surface area (Å²) in [7, 11) is -0.766. The minimum Gasteiger partial charge on any atom is -0.357 e. The van der Waals surface area contributed by atoms with Crippen LogP contribution in [0.5, 0.6) is 0 Å². The molecule has 22 heavy (non-hydrogen) atoms. The molecule has 0 radical (unpaired) electrons. The van der Waals surface area contributed by atoms with Crippen molar-refractivity contribution >= 4 is 39.8 Å². The molecule has 1 fully saturated rings. The molecule has 0 aromatic carbocycles. The average molecular weight is 446 g/mol. The number of aliphatic imine (C=N–C) groups is 1. The third-order valence-corrected chi connectivity index (χ3v) is 4.76. The number of likely N-dealkylation sites (N-methyl/N-ethyl adjacent to an activating group) is 1. The Morgan fingerprint density at radius 3 is 2.64 bits per heavy atom. The zero-order valence-corrected chi connectivity index (χ0v) is 17.3. The van der Waals surface area contributed by atoms with Crippen LogP contribution in [0.3, 0.4) is 0 Å². The van der Waals surface area contributed by atoms with E-state index in [0.29, 0.717) is 12.5 Å². The third kappa shape index (κ3) is 9.14. The summed E-state index contributed by atoms with van der Waals surface area (Å²) in [6.07, 6.45) is 4.30. The van der Waals surface area contributed by atoms with Crippen molar-refractivity contribution in [3.8, 4) is 0 Å². The highest BCUT2D eigenvalue weighted by molar-refractivity contribution is 14.0. The second-order valence-electron chi connectivity index (χ2n) is 5.96. The zero-order chi connectivity index (χ0) is 15.9. The molecule has 2 N–H and O–H groups in total. The van der Waals surface area contributed by atoms with E-state index in [1.54, 1.807) is 0 Å². The standard InChI is InChI=1S/C14H30N4O2S.HI/c1-5-15-14(16-11-13-7-6-9-18(13)3)17-12(2)8-10-21(4,19)20;/h12-13H,5-11H2,1-4H3,(H2,15,16,17);1H. The van der Waals surface area contributed by atoms with Crippen LogP contribution in [0.15, 0.2) is 4.99 Å². The van der Waals surface area contributed by atoms with Crippen LogP contribution in [0.25, 0.3) is 0 Å². The molecular formula is C14H31IN4O2S. The number of nitrogens with one attached hydrogen (secondary N) is 2. The first kappa shape index (κ1) is 21.9. The highest BCUT2D eigenvalue weighted by Crippen LogP contribution is 2.14. The van der Waals surface area contributed by atoms with Crippen molar-refractivity contribution in [3.05, 3.63) is 0 Å². The number of sulfone groups is 1. The Morgan fingerprint density at radius 2 is 2.14 bits per heavy atom. The van der Waals surface area contributed by atoms with E-state index in [1.807, 2.05) is 13.8 Å². The predicted molar refractivity (Wildman–Crippen MR) is 104 cm³/mol. The van der Waals surface area contributed by atoms with Gasteiger partial charge in [-0.3, -0.25) is 4.99 Å². The number of guanidine groups is 1. The summed E-state index contributed by atoms with van der Waals surface area (Å²) < 4.78 is 22.4. The van der Waals surface area contributed by atoms with E-state index in [9.17, 15) is 8.42 Å². The van der Waals surface area contributed by atoms with Gasteiger partial charge in [-0.15, -0.1) is 24.0 Å². The molecule has 0 amide bonds. The lowest BCUT2D eigenvalue weighted by atomic mass is 10.2. The highest BCUT2D eigenvalue weighted by atomic mass is 127. The molecule has 0 saturated carbocycles. The quantitative estimate of drug-likeness (QED) is 0.348. The maximum Gasteiger partial charge on any atom is 0.191 e. The normalized spacial score (nSPS) is 21.3. The van der Waals surface area contributed by atoms with Crippen LogP contribution < -0.4 is 10.6 Å². The molecule has 0 spiro atoms. The summed E-state index contributed by atoms with van der Waals surface area (Å²) in [5.74, 6) is 0.977. The first-order chi connectivity index (χ1) is 9.81. The number of hydrogen-bond donors (Lipinski definition) is 2. The van der Waals surface area contributed by atoms with Gasteiger partial charge in [0, 0.05) is 24.9 Å². The zero-order valence-electron chi connectivity index (χ0n) is 14.1. The fourth-order valence-electron chi connectivity index (χ4n) is 2.42. The van der Waals surface area contributed by atoms with E-state index in [0.717, 1.165) is 25.6 Å². The summed E-state index contributed by atoms with van der Waals surface area (Å²) in [5.41, 5.74) is 0. The van der Waals surface area contributed by atoms with Gasteiger partial charge in [-0.25, -0.2) is 8.42 Å². The van der Waals surface area contributed by atoms with Crippen molar-refractivity contribution in [2.75, 3.05) is 38.7 Å². The van der Waals surface area contributed by atoms with Crippen molar-refractivity contribution < 1.29 is 8.42 Å². The molecule has 2 unspecified atom stereocenters. The monoisotopic (exact) mass is 446 g/mol. The van der Waals surface area contributed by atoms with Gasteiger partial charge in [0.05, 0.1) is 12.3 Å². The molecule has 2 atom stereocenters. The van der Waals surface area contributed by atoms with Gasteiger partial charge in [-0.1, -0.05) is 0 Å². The van der Waals surface area contributed by atoms with Crippen LogP contribution in [0.1, 0.15) is 33.1 Å². The summed E-state index contributed by atoms with van der Waals surface area (Å²) in [5, 5.41) is 6.51. The molecule has 1 heterocycles. The molecule has 1 aliphatic rings.